The lowest BCUT2D eigenvalue weighted by molar-refractivity contribution is -0.232. The fraction of sp³-hybridized carbons (Fsp3) is 0.622. The van der Waals surface area contributed by atoms with Crippen molar-refractivity contribution in [1.82, 2.24) is 46.4 Å². The van der Waals surface area contributed by atoms with Crippen LogP contribution in [0.1, 0.15) is 46.8 Å². The Balaban J connectivity index is 1.28. The van der Waals surface area contributed by atoms with Gasteiger partial charge in [-0.2, -0.15) is 0 Å². The smallest absolute Gasteiger partial charge is 0.332 e. The summed E-state index contributed by atoms with van der Waals surface area (Å²) in [5.41, 5.74) is 3.87. The first kappa shape index (κ1) is 57.6. The van der Waals surface area contributed by atoms with Crippen LogP contribution in [0.25, 0.3) is 0 Å². The minimum atomic E-state index is -2.01. The molecule has 15 atom stereocenters. The molecule has 15 N–H and O–H groups in total. The average Bonchev–Trinajstić information content (AvgIpc) is 3.92. The maximum absolute atomic E-state index is 14.8. The zero-order chi connectivity index (χ0) is 55.2. The van der Waals surface area contributed by atoms with Crippen LogP contribution in [0.4, 0.5) is 19.7 Å². The molecule has 7 unspecified atom stereocenters. The topological polar surface area (TPSA) is 424 Å². The third-order valence-corrected chi connectivity index (χ3v) is 13.2. The van der Waals surface area contributed by atoms with Crippen molar-refractivity contribution in [2.24, 2.45) is 17.6 Å². The Morgan fingerprint density at radius 1 is 0.933 bits per heavy atom. The van der Waals surface area contributed by atoms with Crippen molar-refractivity contribution in [2.75, 3.05) is 38.2 Å². The molecule has 4 aliphatic heterocycles. The second-order valence-corrected chi connectivity index (χ2v) is 19.0. The quantitative estimate of drug-likeness (QED) is 0.0389. The number of imide groups is 1. The number of aliphatic carboxylic acids is 1. The number of nitrogens with zero attached hydrogens (tertiary/aromatic N) is 3. The molecular formula is C45H65FN12O17. The molecule has 7 amide bonds. The van der Waals surface area contributed by atoms with Crippen molar-refractivity contribution in [1.29, 1.82) is 5.41 Å². The van der Waals surface area contributed by atoms with E-state index < -0.39 is 163 Å². The third kappa shape index (κ3) is 12.9. The van der Waals surface area contributed by atoms with E-state index in [-0.39, 0.29) is 44.1 Å². The van der Waals surface area contributed by atoms with Gasteiger partial charge < -0.3 is 87.0 Å². The second kappa shape index (κ2) is 24.8. The van der Waals surface area contributed by atoms with Gasteiger partial charge in [-0.3, -0.25) is 34.1 Å². The number of aliphatic hydroxyl groups excluding tert-OH is 4. The van der Waals surface area contributed by atoms with Crippen LogP contribution in [-0.2, 0) is 38.1 Å². The van der Waals surface area contributed by atoms with Crippen LogP contribution in [0.15, 0.2) is 46.1 Å². The van der Waals surface area contributed by atoms with Gasteiger partial charge in [0.2, 0.25) is 11.8 Å². The van der Waals surface area contributed by atoms with Gasteiger partial charge in [0, 0.05) is 45.6 Å². The Labute approximate surface area is 427 Å². The zero-order valence-electron chi connectivity index (χ0n) is 41.5. The Kier molecular flexibility index (Phi) is 19.1. The monoisotopic (exact) mass is 1060 g/mol. The summed E-state index contributed by atoms with van der Waals surface area (Å²) < 4.78 is 38.8. The largest absolute Gasteiger partial charge is 0.480 e. The predicted octanol–water partition coefficient (Wildman–Crippen LogP) is -4.75. The van der Waals surface area contributed by atoms with Gasteiger partial charge in [0.1, 0.15) is 72.7 Å². The molecule has 0 radical (unpaired) electrons. The molecule has 0 saturated carbocycles. The van der Waals surface area contributed by atoms with Crippen LogP contribution < -0.4 is 53.8 Å². The van der Waals surface area contributed by atoms with Gasteiger partial charge in [-0.05, 0) is 48.9 Å². The van der Waals surface area contributed by atoms with Crippen LogP contribution >= 0.6 is 0 Å². The number of aromatic nitrogens is 2. The van der Waals surface area contributed by atoms with Gasteiger partial charge in [0.05, 0.1) is 17.8 Å². The number of carboxylic acids is 1. The number of H-pyrrole nitrogens is 1. The molecule has 2 aromatic rings. The van der Waals surface area contributed by atoms with Gasteiger partial charge in [0.25, 0.3) is 11.5 Å². The van der Waals surface area contributed by atoms with Crippen LogP contribution in [0.2, 0.25) is 0 Å². The summed E-state index contributed by atoms with van der Waals surface area (Å²) in [5, 5.41) is 78.3. The lowest BCUT2D eigenvalue weighted by Crippen LogP contribution is -2.67. The number of urea groups is 2. The Morgan fingerprint density at radius 3 is 2.23 bits per heavy atom. The van der Waals surface area contributed by atoms with Crippen molar-refractivity contribution < 1.29 is 77.6 Å². The Morgan fingerprint density at radius 2 is 1.63 bits per heavy atom. The van der Waals surface area contributed by atoms with E-state index in [0.29, 0.717) is 4.90 Å². The normalized spacial score (nSPS) is 27.8. The van der Waals surface area contributed by atoms with E-state index in [1.165, 1.54) is 7.11 Å². The maximum atomic E-state index is 14.8. The lowest BCUT2D eigenvalue weighted by atomic mass is 9.97. The van der Waals surface area contributed by atoms with Crippen molar-refractivity contribution in [2.45, 2.75) is 132 Å². The molecule has 0 spiro atoms. The number of carbonyl (C=O) groups is 6. The molecule has 0 bridgehead atoms. The summed E-state index contributed by atoms with van der Waals surface area (Å²) in [7, 11) is 1.21. The number of hydrogen-bond donors (Lipinski definition) is 14. The number of carbonyl (C=O) groups excluding carboxylic acids is 5. The Bertz CT molecular complexity index is 2520. The molecule has 4 saturated heterocycles. The molecule has 0 aliphatic carbocycles. The van der Waals surface area contributed by atoms with Crippen LogP contribution in [-0.4, -0.2) is 200 Å². The predicted molar refractivity (Wildman–Crippen MR) is 256 cm³/mol. The molecule has 5 heterocycles. The number of ether oxygens (including phenoxy) is 4. The van der Waals surface area contributed by atoms with E-state index >= 15 is 0 Å². The van der Waals surface area contributed by atoms with Crippen molar-refractivity contribution in [3.05, 3.63) is 63.2 Å². The SMILES string of the molecule is CO[C@H]1[C@@H](OC(C2C(=O)N(c3ccc(F)cc3)C(=O)N2CCCNC(=O)C(NC(=O)C(NC(=O)NC(C(=O)O)C(C)C)C2CCNC(=N)N2)C(O)C(C)C)[C@H]2O[C@@H](n3ccc(=O)[nH]c3=O)[C@H](O)[C@@H]2O)O[C@H](CN)[C@@H]1O. The van der Waals surface area contributed by atoms with Crippen LogP contribution in [0, 0.1) is 23.1 Å². The van der Waals surface area contributed by atoms with Gasteiger partial charge in [-0.15, -0.1) is 0 Å². The number of benzene rings is 1. The first-order valence-electron chi connectivity index (χ1n) is 24.1. The van der Waals surface area contributed by atoms with E-state index in [1.807, 2.05) is 4.98 Å². The summed E-state index contributed by atoms with van der Waals surface area (Å²) in [6.45, 7) is 5.42. The minimum absolute atomic E-state index is 0.119. The van der Waals surface area contributed by atoms with Crippen molar-refractivity contribution in [3.63, 3.8) is 0 Å². The fourth-order valence-corrected chi connectivity index (χ4v) is 9.15. The number of anilines is 1. The van der Waals surface area contributed by atoms with E-state index in [1.54, 1.807) is 27.7 Å². The summed E-state index contributed by atoms with van der Waals surface area (Å²) in [6.07, 6.45) is -15.4. The van der Waals surface area contributed by atoms with E-state index in [4.69, 9.17) is 30.1 Å². The van der Waals surface area contributed by atoms with Gasteiger partial charge in [-0.25, -0.2) is 28.5 Å². The van der Waals surface area contributed by atoms with Crippen LogP contribution in [0.3, 0.4) is 0 Å². The van der Waals surface area contributed by atoms with Crippen molar-refractivity contribution in [3.8, 4) is 0 Å². The van der Waals surface area contributed by atoms with E-state index in [9.17, 15) is 68.3 Å². The fourth-order valence-electron chi connectivity index (χ4n) is 9.15. The molecular weight excluding hydrogens is 1000 g/mol. The minimum Gasteiger partial charge on any atom is -0.480 e. The van der Waals surface area contributed by atoms with Crippen molar-refractivity contribution >= 4 is 47.4 Å². The number of hydrogen-bond acceptors (Lipinski definition) is 18. The highest BCUT2D eigenvalue weighted by atomic mass is 19.1. The van der Waals surface area contributed by atoms with E-state index in [0.717, 1.165) is 46.0 Å². The van der Waals surface area contributed by atoms with E-state index in [2.05, 4.69) is 31.9 Å². The summed E-state index contributed by atoms with van der Waals surface area (Å²) >= 11 is 0. The zero-order valence-corrected chi connectivity index (χ0v) is 41.5. The molecule has 29 nitrogen and oxygen atoms in total. The highest BCUT2D eigenvalue weighted by Crippen LogP contribution is 2.38. The number of amides is 7. The summed E-state index contributed by atoms with van der Waals surface area (Å²) in [5.74, 6) is -6.45. The van der Waals surface area contributed by atoms with Gasteiger partial charge in [-0.1, -0.05) is 27.7 Å². The first-order chi connectivity index (χ1) is 35.5. The molecule has 1 aromatic heterocycles. The third-order valence-electron chi connectivity index (χ3n) is 13.2. The molecule has 75 heavy (non-hydrogen) atoms. The number of rotatable bonds is 22. The second-order valence-electron chi connectivity index (χ2n) is 19.0. The number of methoxy groups -OCH3 is 1. The number of halogens is 1. The standard InChI is InChI=1S/C45H65FN12O17/c1-18(2)25(40(67)68)54-43(69)55-26(22-11-14-50-42(48)51-22)37(65)53-27(29(60)19(3)4)36(64)49-13-6-15-56-28(38(66)58(45(56)71)21-9-7-20(46)8-10-21)33(75-41-35(72-5)30(61)23(17-47)73-41)34-31(62)32(63)39(74-34)57-16-12-24(59)52-44(57)70/h7-10,12,16,18-19,22-23,25-35,39,41,60-63H,6,11,13-15,17,47H2,1-5H3,(H,49,64)(H,53,65)(H,67,68)(H3,48,50,51)(H,52,59,70)(H2,54,55,69)/t22?,23-,25?,26?,27?,28?,29?,30+,31+,32-,33?,34+,35-,39-,41-/m1/s1. The lowest BCUT2D eigenvalue weighted by Gasteiger charge is -2.36. The number of carboxylic acid groups (broad SMARTS) is 1. The Hall–Kier alpha value is -6.64. The molecule has 414 valence electrons. The number of nitrogens with one attached hydrogen (secondary N) is 8. The number of nitrogens with two attached hydrogens (primary N) is 1. The number of guanidine groups is 1. The maximum Gasteiger partial charge on any atom is 0.332 e. The molecule has 4 fully saturated rings. The van der Waals surface area contributed by atoms with Gasteiger partial charge in [0.15, 0.2) is 18.5 Å². The summed E-state index contributed by atoms with van der Waals surface area (Å²) in [6, 6.07) is -4.28. The first-order valence-corrected chi connectivity index (χ1v) is 24.1. The molecule has 1 aromatic carbocycles. The molecule has 30 heteroatoms. The molecule has 6 rings (SSSR count). The van der Waals surface area contributed by atoms with Gasteiger partial charge >= 0.3 is 23.7 Å². The highest BCUT2D eigenvalue weighted by molar-refractivity contribution is 6.21. The molecule has 4 aliphatic rings. The summed E-state index contributed by atoms with van der Waals surface area (Å²) in [4.78, 5) is 111. The number of aliphatic hydroxyl groups is 4. The highest BCUT2D eigenvalue weighted by Gasteiger charge is 2.59. The number of aromatic amines is 1. The average molecular weight is 1070 g/mol. The van der Waals surface area contributed by atoms with Crippen LogP contribution in [0.5, 0.6) is 0 Å².